The average molecular weight is 576 g/mol. The average Bonchev–Trinajstić information content (AvgIpc) is 3.31. The van der Waals surface area contributed by atoms with Crippen LogP contribution in [0, 0.1) is 5.92 Å². The Morgan fingerprint density at radius 2 is 2.05 bits per heavy atom. The van der Waals surface area contributed by atoms with Crippen molar-refractivity contribution in [1.29, 1.82) is 0 Å². The van der Waals surface area contributed by atoms with Crippen LogP contribution in [-0.2, 0) is 21.9 Å². The van der Waals surface area contributed by atoms with Gasteiger partial charge in [-0.2, -0.15) is 17.5 Å². The van der Waals surface area contributed by atoms with E-state index in [9.17, 15) is 36.3 Å². The first-order valence-electron chi connectivity index (χ1n) is 12.2. The number of sulfonamides is 1. The third-order valence-corrected chi connectivity index (χ3v) is 8.09. The van der Waals surface area contributed by atoms with Crippen LogP contribution in [0.3, 0.4) is 0 Å². The Morgan fingerprint density at radius 1 is 1.36 bits per heavy atom. The first-order chi connectivity index (χ1) is 18.1. The first-order valence-corrected chi connectivity index (χ1v) is 13.6. The molecule has 0 fully saturated rings. The van der Waals surface area contributed by atoms with Crippen molar-refractivity contribution < 1.29 is 41.0 Å². The predicted octanol–water partition coefficient (Wildman–Crippen LogP) is 2.24. The third kappa shape index (κ3) is 7.48. The molecule has 1 aromatic carbocycles. The van der Waals surface area contributed by atoms with Crippen LogP contribution in [0.4, 0.5) is 18.9 Å². The van der Waals surface area contributed by atoms with Gasteiger partial charge in [0.05, 0.1) is 37.5 Å². The fourth-order valence-corrected chi connectivity index (χ4v) is 5.17. The van der Waals surface area contributed by atoms with Crippen LogP contribution in [0.25, 0.3) is 0 Å². The number of halogens is 3. The van der Waals surface area contributed by atoms with Gasteiger partial charge in [0, 0.05) is 44.9 Å². The number of likely N-dealkylation sites (N-methyl/N-ethyl adjacent to an activating group) is 1. The molecule has 0 unspecified atom stereocenters. The van der Waals surface area contributed by atoms with E-state index in [1.54, 1.807) is 20.9 Å². The zero-order valence-electron chi connectivity index (χ0n) is 22.0. The summed E-state index contributed by atoms with van der Waals surface area (Å²) in [6, 6.07) is 3.47. The molecule has 1 aliphatic rings. The summed E-state index contributed by atoms with van der Waals surface area (Å²) in [5.74, 6) is -1.67. The van der Waals surface area contributed by atoms with E-state index in [2.05, 4.69) is 10.3 Å². The second-order valence-electron chi connectivity index (χ2n) is 9.66. The lowest BCUT2D eigenvalue weighted by Crippen LogP contribution is -2.50. The minimum Gasteiger partial charge on any atom is -0.488 e. The zero-order valence-corrected chi connectivity index (χ0v) is 22.8. The van der Waals surface area contributed by atoms with Crippen LogP contribution in [0.15, 0.2) is 35.7 Å². The van der Waals surface area contributed by atoms with Crippen molar-refractivity contribution in [3.05, 3.63) is 36.3 Å². The standard InChI is InChI=1S/C24H32F3N5O6S/c1-15-10-32(16(2)13-33)23(35)18-9-17(29-21(34)7-8-24(25,26)27)5-6-19(18)38-20(15)11-31(4)39(36,37)22-12-30(3)14-28-22/h5-6,9,12,14-16,20,33H,7-8,10-11,13H2,1-4H3,(H,29,34)/t15-,16+,20-/m0/s1. The summed E-state index contributed by atoms with van der Waals surface area (Å²) in [4.78, 5) is 30.8. The number of hydrogen-bond donors (Lipinski definition) is 2. The van der Waals surface area contributed by atoms with Crippen molar-refractivity contribution in [3.8, 4) is 5.75 Å². The van der Waals surface area contributed by atoms with Crippen molar-refractivity contribution in [2.24, 2.45) is 13.0 Å². The molecule has 15 heteroatoms. The maximum Gasteiger partial charge on any atom is 0.389 e. The van der Waals surface area contributed by atoms with Crippen LogP contribution in [-0.4, -0.2) is 89.2 Å². The smallest absolute Gasteiger partial charge is 0.389 e. The maximum atomic E-state index is 13.5. The number of carbonyl (C=O) groups is 2. The van der Waals surface area contributed by atoms with Crippen molar-refractivity contribution in [1.82, 2.24) is 18.8 Å². The van der Waals surface area contributed by atoms with Gasteiger partial charge < -0.3 is 24.6 Å². The second kappa shape index (κ2) is 11.9. The van der Waals surface area contributed by atoms with Crippen molar-refractivity contribution in [3.63, 3.8) is 0 Å². The lowest BCUT2D eigenvalue weighted by molar-refractivity contribution is -0.142. The minimum atomic E-state index is -4.49. The molecule has 2 aromatic rings. The SMILES string of the molecule is C[C@H](CO)N1C[C@H](C)[C@H](CN(C)S(=O)(=O)c2cn(C)cn2)Oc2ccc(NC(=O)CCC(F)(F)F)cc2C1=O. The van der Waals surface area contributed by atoms with Crippen molar-refractivity contribution >= 4 is 27.5 Å². The number of nitrogens with zero attached hydrogens (tertiary/aromatic N) is 4. The number of aromatic nitrogens is 2. The van der Waals surface area contributed by atoms with Gasteiger partial charge in [-0.3, -0.25) is 9.59 Å². The molecule has 216 valence electrons. The molecule has 0 spiro atoms. The number of ether oxygens (including phenoxy) is 1. The fourth-order valence-electron chi connectivity index (χ4n) is 4.03. The number of fused-ring (bicyclic) bond motifs is 1. The minimum absolute atomic E-state index is 0.0102. The van der Waals surface area contributed by atoms with E-state index >= 15 is 0 Å². The van der Waals surface area contributed by atoms with Crippen molar-refractivity contribution in [2.45, 2.75) is 50.0 Å². The number of nitrogens with one attached hydrogen (secondary N) is 1. The molecule has 0 aliphatic carbocycles. The summed E-state index contributed by atoms with van der Waals surface area (Å²) in [7, 11) is -0.917. The Kier molecular flexibility index (Phi) is 9.28. The van der Waals surface area contributed by atoms with Gasteiger partial charge in [-0.1, -0.05) is 6.92 Å². The second-order valence-corrected chi connectivity index (χ2v) is 11.7. The summed E-state index contributed by atoms with van der Waals surface area (Å²) in [5, 5.41) is 12.0. The van der Waals surface area contributed by atoms with E-state index in [1.807, 2.05) is 0 Å². The number of aliphatic hydroxyl groups is 1. The Labute approximate surface area is 224 Å². The van der Waals surface area contributed by atoms with Gasteiger partial charge in [-0.25, -0.2) is 13.4 Å². The third-order valence-electron chi connectivity index (χ3n) is 6.38. The van der Waals surface area contributed by atoms with Gasteiger partial charge in [0.15, 0.2) is 5.03 Å². The lowest BCUT2D eigenvalue weighted by atomic mass is 9.99. The van der Waals surface area contributed by atoms with E-state index in [0.717, 1.165) is 4.31 Å². The van der Waals surface area contributed by atoms with E-state index in [-0.39, 0.29) is 47.6 Å². The highest BCUT2D eigenvalue weighted by molar-refractivity contribution is 7.89. The number of imidazole rings is 1. The molecule has 2 N–H and O–H groups in total. The molecule has 2 heterocycles. The highest BCUT2D eigenvalue weighted by atomic mass is 32.2. The molecule has 39 heavy (non-hydrogen) atoms. The van der Waals surface area contributed by atoms with Gasteiger partial charge >= 0.3 is 6.18 Å². The lowest BCUT2D eigenvalue weighted by Gasteiger charge is -2.38. The number of carbonyl (C=O) groups excluding carboxylic acids is 2. The first kappa shape index (κ1) is 30.4. The predicted molar refractivity (Wildman–Crippen MR) is 135 cm³/mol. The number of aryl methyl sites for hydroxylation is 1. The number of benzene rings is 1. The van der Waals surface area contributed by atoms with E-state index in [1.165, 1.54) is 47.2 Å². The monoisotopic (exact) mass is 575 g/mol. The molecule has 0 bridgehead atoms. The zero-order chi connectivity index (χ0) is 29.1. The van der Waals surface area contributed by atoms with Gasteiger partial charge in [-0.15, -0.1) is 0 Å². The maximum absolute atomic E-state index is 13.5. The molecule has 3 atom stereocenters. The van der Waals surface area contributed by atoms with Crippen LogP contribution < -0.4 is 10.1 Å². The Balaban J connectivity index is 1.91. The topological polar surface area (TPSA) is 134 Å². The number of alkyl halides is 3. The largest absolute Gasteiger partial charge is 0.488 e. The van der Waals surface area contributed by atoms with Gasteiger partial charge in [0.25, 0.3) is 15.9 Å². The molecular weight excluding hydrogens is 543 g/mol. The molecule has 1 aromatic heterocycles. The highest BCUT2D eigenvalue weighted by Crippen LogP contribution is 2.31. The molecule has 0 saturated carbocycles. The van der Waals surface area contributed by atoms with E-state index in [4.69, 9.17) is 4.74 Å². The molecule has 0 saturated heterocycles. The fraction of sp³-hybridized carbons (Fsp3) is 0.542. The Hall–Kier alpha value is -3.17. The van der Waals surface area contributed by atoms with Crippen LogP contribution >= 0.6 is 0 Å². The quantitative estimate of drug-likeness (QED) is 0.469. The van der Waals surface area contributed by atoms with Gasteiger partial charge in [-0.05, 0) is 25.1 Å². The molecule has 1 aliphatic heterocycles. The van der Waals surface area contributed by atoms with Crippen LogP contribution in [0.5, 0.6) is 5.75 Å². The highest BCUT2D eigenvalue weighted by Gasteiger charge is 2.36. The van der Waals surface area contributed by atoms with Crippen LogP contribution in [0.1, 0.15) is 37.0 Å². The summed E-state index contributed by atoms with van der Waals surface area (Å²) >= 11 is 0. The van der Waals surface area contributed by atoms with Crippen molar-refractivity contribution in [2.75, 3.05) is 32.1 Å². The Morgan fingerprint density at radius 3 is 2.64 bits per heavy atom. The van der Waals surface area contributed by atoms with Gasteiger partial charge in [0.1, 0.15) is 11.9 Å². The van der Waals surface area contributed by atoms with Crippen LogP contribution in [0.2, 0.25) is 0 Å². The van der Waals surface area contributed by atoms with E-state index in [0.29, 0.717) is 0 Å². The molecule has 3 rings (SSSR count). The molecular formula is C24H32F3N5O6S. The Bertz CT molecular complexity index is 1300. The normalized spacial score (nSPS) is 19.2. The summed E-state index contributed by atoms with van der Waals surface area (Å²) in [5.41, 5.74) is 0.102. The summed E-state index contributed by atoms with van der Waals surface area (Å²) in [6.07, 6.45) is -4.56. The van der Waals surface area contributed by atoms with Gasteiger partial charge in [0.2, 0.25) is 5.91 Å². The number of rotatable bonds is 9. The number of anilines is 1. The molecule has 11 nitrogen and oxygen atoms in total. The number of hydrogen-bond acceptors (Lipinski definition) is 7. The summed E-state index contributed by atoms with van der Waals surface area (Å²) in [6.45, 7) is 3.11. The molecule has 0 radical (unpaired) electrons. The number of amides is 2. The number of aliphatic hydroxyl groups excluding tert-OH is 1. The van der Waals surface area contributed by atoms with E-state index < -0.39 is 53.0 Å². The summed E-state index contributed by atoms with van der Waals surface area (Å²) < 4.78 is 72.3. The molecule has 2 amide bonds.